The molecule has 21 heavy (non-hydrogen) atoms. The van der Waals surface area contributed by atoms with Crippen LogP contribution in [0, 0.1) is 0 Å². The third-order valence-corrected chi connectivity index (χ3v) is 3.54. The number of thioether (sulfide) groups is 1. The molecule has 2 rings (SSSR count). The Bertz CT molecular complexity index is 623. The fourth-order valence-electron chi connectivity index (χ4n) is 1.76. The first kappa shape index (κ1) is 15.2. The average Bonchev–Trinajstić information content (AvgIpc) is 2.53. The molecule has 3 nitrogen and oxygen atoms in total. The minimum atomic E-state index is -0.136. The van der Waals surface area contributed by atoms with E-state index in [1.54, 1.807) is 42.1 Å². The molecule has 0 bridgehead atoms. The van der Waals surface area contributed by atoms with Gasteiger partial charge < -0.3 is 10.1 Å². The molecule has 2 aromatic carbocycles. The summed E-state index contributed by atoms with van der Waals surface area (Å²) in [6, 6.07) is 14.8. The van der Waals surface area contributed by atoms with Gasteiger partial charge in [0.2, 0.25) is 0 Å². The highest BCUT2D eigenvalue weighted by Gasteiger charge is 2.06. The maximum absolute atomic E-state index is 12.2. The monoisotopic (exact) mass is 299 g/mol. The maximum Gasteiger partial charge on any atom is 0.255 e. The van der Waals surface area contributed by atoms with Crippen molar-refractivity contribution < 1.29 is 9.53 Å². The molecule has 0 fully saturated rings. The normalized spacial score (nSPS) is 9.95. The molecule has 108 valence electrons. The van der Waals surface area contributed by atoms with Crippen LogP contribution in [0.1, 0.15) is 10.4 Å². The van der Waals surface area contributed by atoms with Crippen molar-refractivity contribution in [3.05, 3.63) is 66.7 Å². The van der Waals surface area contributed by atoms with E-state index >= 15 is 0 Å². The summed E-state index contributed by atoms with van der Waals surface area (Å²) in [6.07, 6.45) is 3.68. The highest BCUT2D eigenvalue weighted by Crippen LogP contribution is 2.20. The van der Waals surface area contributed by atoms with Crippen LogP contribution in [0.25, 0.3) is 0 Å². The summed E-state index contributed by atoms with van der Waals surface area (Å²) in [6.45, 7) is 4.04. The van der Waals surface area contributed by atoms with Gasteiger partial charge in [-0.2, -0.15) is 0 Å². The molecule has 0 heterocycles. The van der Waals surface area contributed by atoms with Crippen LogP contribution in [0.5, 0.6) is 5.75 Å². The van der Waals surface area contributed by atoms with Crippen LogP contribution in [-0.2, 0) is 0 Å². The second-order valence-corrected chi connectivity index (χ2v) is 5.19. The predicted octanol–water partition coefficient (Wildman–Crippen LogP) is 4.23. The number of hydrogen-bond acceptors (Lipinski definition) is 3. The van der Waals surface area contributed by atoms with Gasteiger partial charge in [0.05, 0.1) is 0 Å². The van der Waals surface area contributed by atoms with Crippen molar-refractivity contribution in [2.24, 2.45) is 0 Å². The van der Waals surface area contributed by atoms with E-state index in [0.717, 1.165) is 16.3 Å². The molecular weight excluding hydrogens is 282 g/mol. The Labute approximate surface area is 129 Å². The number of hydrogen-bond donors (Lipinski definition) is 1. The molecule has 2 aromatic rings. The van der Waals surface area contributed by atoms with E-state index in [-0.39, 0.29) is 5.91 Å². The highest BCUT2D eigenvalue weighted by atomic mass is 32.2. The molecule has 1 N–H and O–H groups in total. The van der Waals surface area contributed by atoms with Crippen LogP contribution in [0.3, 0.4) is 0 Å². The summed E-state index contributed by atoms with van der Waals surface area (Å²) in [4.78, 5) is 13.3. The predicted molar refractivity (Wildman–Crippen MR) is 88.3 cm³/mol. The number of ether oxygens (including phenoxy) is 1. The van der Waals surface area contributed by atoms with Crippen molar-refractivity contribution in [1.29, 1.82) is 0 Å². The average molecular weight is 299 g/mol. The number of rotatable bonds is 6. The quantitative estimate of drug-likeness (QED) is 0.641. The lowest BCUT2D eigenvalue weighted by atomic mass is 10.2. The van der Waals surface area contributed by atoms with Crippen molar-refractivity contribution in [3.8, 4) is 5.75 Å². The Morgan fingerprint density at radius 3 is 2.71 bits per heavy atom. The molecule has 0 spiro atoms. The molecule has 4 heteroatoms. The first-order valence-corrected chi connectivity index (χ1v) is 7.74. The van der Waals surface area contributed by atoms with Crippen LogP contribution >= 0.6 is 11.8 Å². The molecular formula is C17H17NO2S. The fourth-order valence-corrected chi connectivity index (χ4v) is 2.22. The maximum atomic E-state index is 12.2. The van der Waals surface area contributed by atoms with Crippen molar-refractivity contribution in [2.45, 2.75) is 4.90 Å². The smallest absolute Gasteiger partial charge is 0.255 e. The van der Waals surface area contributed by atoms with Gasteiger partial charge >= 0.3 is 0 Å². The van der Waals surface area contributed by atoms with Gasteiger partial charge in [0, 0.05) is 16.1 Å². The van der Waals surface area contributed by atoms with E-state index < -0.39 is 0 Å². The van der Waals surface area contributed by atoms with E-state index in [2.05, 4.69) is 11.9 Å². The van der Waals surface area contributed by atoms with Gasteiger partial charge in [-0.05, 0) is 48.7 Å². The Hall–Kier alpha value is -2.20. The summed E-state index contributed by atoms with van der Waals surface area (Å²) in [7, 11) is 0. The summed E-state index contributed by atoms with van der Waals surface area (Å²) < 4.78 is 5.39. The minimum absolute atomic E-state index is 0.136. The molecule has 0 atom stereocenters. The molecule has 0 radical (unpaired) electrons. The second-order valence-electron chi connectivity index (χ2n) is 4.31. The third kappa shape index (κ3) is 4.39. The number of anilines is 1. The van der Waals surface area contributed by atoms with Crippen molar-refractivity contribution in [1.82, 2.24) is 0 Å². The summed E-state index contributed by atoms with van der Waals surface area (Å²) in [5.74, 6) is 0.583. The summed E-state index contributed by atoms with van der Waals surface area (Å²) in [5, 5.41) is 2.89. The Balaban J connectivity index is 2.03. The summed E-state index contributed by atoms with van der Waals surface area (Å²) in [5.41, 5.74) is 1.38. The first-order valence-electron chi connectivity index (χ1n) is 6.52. The minimum Gasteiger partial charge on any atom is -0.490 e. The zero-order valence-electron chi connectivity index (χ0n) is 11.8. The van der Waals surface area contributed by atoms with E-state index in [9.17, 15) is 4.79 Å². The van der Waals surface area contributed by atoms with Crippen LogP contribution < -0.4 is 10.1 Å². The zero-order valence-corrected chi connectivity index (χ0v) is 12.7. The lowest BCUT2D eigenvalue weighted by molar-refractivity contribution is 0.102. The lowest BCUT2D eigenvalue weighted by Gasteiger charge is -2.07. The van der Waals surface area contributed by atoms with Crippen molar-refractivity contribution in [2.75, 3.05) is 18.2 Å². The number of benzene rings is 2. The third-order valence-electron chi connectivity index (χ3n) is 2.81. The van der Waals surface area contributed by atoms with E-state index in [1.165, 1.54) is 0 Å². The zero-order chi connectivity index (χ0) is 15.1. The van der Waals surface area contributed by atoms with E-state index in [0.29, 0.717) is 12.2 Å². The van der Waals surface area contributed by atoms with Gasteiger partial charge in [-0.15, -0.1) is 11.8 Å². The van der Waals surface area contributed by atoms with Crippen LogP contribution in [0.4, 0.5) is 5.69 Å². The van der Waals surface area contributed by atoms with Gasteiger partial charge in [0.1, 0.15) is 12.4 Å². The van der Waals surface area contributed by atoms with Gasteiger partial charge in [-0.25, -0.2) is 0 Å². The molecule has 1 amide bonds. The number of carbonyl (C=O) groups excluding carboxylic acids is 1. The number of nitrogens with one attached hydrogen (secondary N) is 1. The molecule has 0 aliphatic heterocycles. The van der Waals surface area contributed by atoms with Crippen LogP contribution in [0.15, 0.2) is 66.1 Å². The number of amides is 1. The lowest BCUT2D eigenvalue weighted by Crippen LogP contribution is -2.11. The van der Waals surface area contributed by atoms with Gasteiger partial charge in [0.15, 0.2) is 0 Å². The largest absolute Gasteiger partial charge is 0.490 e. The van der Waals surface area contributed by atoms with E-state index in [4.69, 9.17) is 4.74 Å². The number of carbonyl (C=O) groups is 1. The first-order chi connectivity index (χ1) is 10.2. The standard InChI is InChI=1S/C17H17NO2S/c1-3-11-20-15-9-7-13(8-10-15)17(19)18-14-5-4-6-16(12-14)21-2/h3-10,12H,1,11H2,2H3,(H,18,19). The Morgan fingerprint density at radius 1 is 1.29 bits per heavy atom. The topological polar surface area (TPSA) is 38.3 Å². The van der Waals surface area contributed by atoms with Crippen LogP contribution in [0.2, 0.25) is 0 Å². The van der Waals surface area contributed by atoms with Crippen molar-refractivity contribution in [3.63, 3.8) is 0 Å². The summed E-state index contributed by atoms with van der Waals surface area (Å²) >= 11 is 1.64. The molecule has 0 saturated carbocycles. The molecule has 0 saturated heterocycles. The van der Waals surface area contributed by atoms with Gasteiger partial charge in [0.25, 0.3) is 5.91 Å². The fraction of sp³-hybridized carbons (Fsp3) is 0.118. The molecule has 0 unspecified atom stereocenters. The molecule has 0 aromatic heterocycles. The Morgan fingerprint density at radius 2 is 2.05 bits per heavy atom. The van der Waals surface area contributed by atoms with Crippen molar-refractivity contribution >= 4 is 23.4 Å². The van der Waals surface area contributed by atoms with Crippen LogP contribution in [-0.4, -0.2) is 18.8 Å². The van der Waals surface area contributed by atoms with Gasteiger partial charge in [-0.3, -0.25) is 4.79 Å². The van der Waals surface area contributed by atoms with Gasteiger partial charge in [-0.1, -0.05) is 18.7 Å². The Kier molecular flexibility index (Phi) is 5.46. The molecule has 0 aliphatic carbocycles. The van der Waals surface area contributed by atoms with E-state index in [1.807, 2.05) is 30.5 Å². The SMILES string of the molecule is C=CCOc1ccc(C(=O)Nc2cccc(SC)c2)cc1. The second kappa shape index (κ2) is 7.55. The molecule has 0 aliphatic rings. The highest BCUT2D eigenvalue weighted by molar-refractivity contribution is 7.98.